The Hall–Kier alpha value is -0.430. The van der Waals surface area contributed by atoms with E-state index in [9.17, 15) is 0 Å². The van der Waals surface area contributed by atoms with E-state index in [4.69, 9.17) is 14.7 Å². The molecule has 0 saturated heterocycles. The molecule has 0 spiro atoms. The minimum Gasteiger partial charge on any atom is -0.378 e. The van der Waals surface area contributed by atoms with Gasteiger partial charge in [0.2, 0.25) is 0 Å². The lowest BCUT2D eigenvalue weighted by atomic mass is 10.0. The first-order valence-electron chi connectivity index (χ1n) is 6.92. The molecule has 2 atom stereocenters. The number of ether oxygens (including phenoxy) is 1. The monoisotopic (exact) mass is 375 g/mol. The summed E-state index contributed by atoms with van der Waals surface area (Å²) in [6.07, 6.45) is 5.02. The van der Waals surface area contributed by atoms with Crippen molar-refractivity contribution < 1.29 is 4.74 Å². The standard InChI is InChI=1S/C14H22IN3O/c1-4-9-5-6-10(7-9)13-17-11(8-19-3)12(15)14(16-2)18-13/h9-10H,4-8H2,1-3H3,(H,16,17,18). The molecule has 1 aromatic heterocycles. The molecule has 0 radical (unpaired) electrons. The molecule has 1 fully saturated rings. The van der Waals surface area contributed by atoms with Crippen molar-refractivity contribution in [2.24, 2.45) is 5.92 Å². The third kappa shape index (κ3) is 3.37. The predicted octanol–water partition coefficient (Wildman–Crippen LogP) is 3.56. The molecule has 0 aliphatic heterocycles. The number of anilines is 1. The van der Waals surface area contributed by atoms with Crippen LogP contribution < -0.4 is 5.32 Å². The zero-order chi connectivity index (χ0) is 13.8. The lowest BCUT2D eigenvalue weighted by molar-refractivity contribution is 0.180. The first-order chi connectivity index (χ1) is 9.19. The third-order valence-corrected chi connectivity index (χ3v) is 5.07. The summed E-state index contributed by atoms with van der Waals surface area (Å²) >= 11 is 2.29. The lowest BCUT2D eigenvalue weighted by Gasteiger charge is -2.14. The van der Waals surface area contributed by atoms with Crippen LogP contribution in [0.3, 0.4) is 0 Å². The fraction of sp³-hybridized carbons (Fsp3) is 0.714. The van der Waals surface area contributed by atoms with Crippen LogP contribution in [-0.4, -0.2) is 24.1 Å². The minimum atomic E-state index is 0.518. The summed E-state index contributed by atoms with van der Waals surface area (Å²) in [7, 11) is 3.62. The molecule has 0 aromatic carbocycles. The second-order valence-corrected chi connectivity index (χ2v) is 6.24. The summed E-state index contributed by atoms with van der Waals surface area (Å²) in [6.45, 7) is 2.82. The maximum Gasteiger partial charge on any atom is 0.143 e. The normalized spacial score (nSPS) is 22.7. The molecule has 1 aromatic rings. The summed E-state index contributed by atoms with van der Waals surface area (Å²) in [5.41, 5.74) is 0.998. The van der Waals surface area contributed by atoms with Crippen LogP contribution in [0, 0.1) is 9.49 Å². The van der Waals surface area contributed by atoms with Crippen molar-refractivity contribution in [1.29, 1.82) is 0 Å². The van der Waals surface area contributed by atoms with Gasteiger partial charge < -0.3 is 10.1 Å². The van der Waals surface area contributed by atoms with E-state index in [1.807, 2.05) is 7.05 Å². The van der Waals surface area contributed by atoms with E-state index in [2.05, 4.69) is 34.8 Å². The van der Waals surface area contributed by atoms with Crippen LogP contribution in [0.25, 0.3) is 0 Å². The summed E-state index contributed by atoms with van der Waals surface area (Å²) in [5.74, 6) is 3.28. The van der Waals surface area contributed by atoms with Crippen molar-refractivity contribution in [2.45, 2.75) is 45.1 Å². The van der Waals surface area contributed by atoms with Gasteiger partial charge in [-0.3, -0.25) is 0 Å². The molecule has 106 valence electrons. The van der Waals surface area contributed by atoms with Gasteiger partial charge in [0, 0.05) is 20.1 Å². The van der Waals surface area contributed by atoms with Crippen LogP contribution in [0.5, 0.6) is 0 Å². The van der Waals surface area contributed by atoms with Gasteiger partial charge in [-0.25, -0.2) is 9.97 Å². The maximum atomic E-state index is 5.25. The van der Waals surface area contributed by atoms with Crippen LogP contribution >= 0.6 is 22.6 Å². The molecule has 1 N–H and O–H groups in total. The van der Waals surface area contributed by atoms with Gasteiger partial charge in [-0.15, -0.1) is 0 Å². The number of aromatic nitrogens is 2. The van der Waals surface area contributed by atoms with Crippen LogP contribution in [0.2, 0.25) is 0 Å². The number of nitrogens with one attached hydrogen (secondary N) is 1. The van der Waals surface area contributed by atoms with E-state index in [1.54, 1.807) is 7.11 Å². The smallest absolute Gasteiger partial charge is 0.143 e. The fourth-order valence-corrected chi connectivity index (χ4v) is 3.44. The van der Waals surface area contributed by atoms with Gasteiger partial charge in [-0.05, 0) is 47.8 Å². The Morgan fingerprint density at radius 2 is 2.16 bits per heavy atom. The molecule has 1 aliphatic carbocycles. The second kappa shape index (κ2) is 6.83. The number of hydrogen-bond donors (Lipinski definition) is 1. The zero-order valence-corrected chi connectivity index (χ0v) is 14.0. The summed E-state index contributed by atoms with van der Waals surface area (Å²) < 4.78 is 6.31. The van der Waals surface area contributed by atoms with Gasteiger partial charge in [0.05, 0.1) is 15.9 Å². The average molecular weight is 375 g/mol. The lowest BCUT2D eigenvalue weighted by Crippen LogP contribution is -2.10. The van der Waals surface area contributed by atoms with Crippen LogP contribution in [-0.2, 0) is 11.3 Å². The maximum absolute atomic E-state index is 5.25. The van der Waals surface area contributed by atoms with E-state index in [0.29, 0.717) is 12.5 Å². The number of nitrogens with zero attached hydrogens (tertiary/aromatic N) is 2. The van der Waals surface area contributed by atoms with Crippen molar-refractivity contribution >= 4 is 28.4 Å². The van der Waals surface area contributed by atoms with E-state index in [0.717, 1.165) is 26.8 Å². The minimum absolute atomic E-state index is 0.518. The van der Waals surface area contributed by atoms with Gasteiger partial charge >= 0.3 is 0 Å². The van der Waals surface area contributed by atoms with E-state index < -0.39 is 0 Å². The zero-order valence-electron chi connectivity index (χ0n) is 11.9. The van der Waals surface area contributed by atoms with Gasteiger partial charge in [0.25, 0.3) is 0 Å². The first-order valence-corrected chi connectivity index (χ1v) is 8.00. The Morgan fingerprint density at radius 3 is 2.74 bits per heavy atom. The van der Waals surface area contributed by atoms with Crippen molar-refractivity contribution in [1.82, 2.24) is 9.97 Å². The Labute approximate surface area is 128 Å². The Bertz CT molecular complexity index is 439. The quantitative estimate of drug-likeness (QED) is 0.800. The number of methoxy groups -OCH3 is 1. The van der Waals surface area contributed by atoms with E-state index in [1.165, 1.54) is 25.7 Å². The van der Waals surface area contributed by atoms with Gasteiger partial charge in [0.15, 0.2) is 0 Å². The van der Waals surface area contributed by atoms with Gasteiger partial charge in [0.1, 0.15) is 11.6 Å². The molecule has 0 bridgehead atoms. The van der Waals surface area contributed by atoms with Crippen molar-refractivity contribution in [3.63, 3.8) is 0 Å². The summed E-state index contributed by atoms with van der Waals surface area (Å²) in [6, 6.07) is 0. The van der Waals surface area contributed by atoms with E-state index >= 15 is 0 Å². The Kier molecular flexibility index (Phi) is 5.38. The number of hydrogen-bond acceptors (Lipinski definition) is 4. The Balaban J connectivity index is 2.27. The average Bonchev–Trinajstić information content (AvgIpc) is 2.90. The highest BCUT2D eigenvalue weighted by Crippen LogP contribution is 2.39. The SMILES string of the molecule is CCC1CCC(c2nc(COC)c(I)c(NC)n2)C1. The van der Waals surface area contributed by atoms with E-state index in [-0.39, 0.29) is 0 Å². The fourth-order valence-electron chi connectivity index (χ4n) is 2.77. The first kappa shape index (κ1) is 15.0. The molecule has 2 rings (SSSR count). The Morgan fingerprint density at radius 1 is 1.37 bits per heavy atom. The molecule has 1 saturated carbocycles. The summed E-state index contributed by atoms with van der Waals surface area (Å²) in [5, 5.41) is 3.17. The molecule has 1 aliphatic rings. The van der Waals surface area contributed by atoms with Crippen molar-refractivity contribution in [3.8, 4) is 0 Å². The molecule has 4 nitrogen and oxygen atoms in total. The highest BCUT2D eigenvalue weighted by atomic mass is 127. The third-order valence-electron chi connectivity index (χ3n) is 3.94. The van der Waals surface area contributed by atoms with Crippen LogP contribution in [0.4, 0.5) is 5.82 Å². The van der Waals surface area contributed by atoms with Crippen LogP contribution in [0.15, 0.2) is 0 Å². The molecular weight excluding hydrogens is 353 g/mol. The molecule has 0 amide bonds. The largest absolute Gasteiger partial charge is 0.378 e. The van der Waals surface area contributed by atoms with Gasteiger partial charge in [-0.2, -0.15) is 0 Å². The molecule has 2 unspecified atom stereocenters. The highest BCUT2D eigenvalue weighted by molar-refractivity contribution is 14.1. The van der Waals surface area contributed by atoms with Crippen molar-refractivity contribution in [2.75, 3.05) is 19.5 Å². The van der Waals surface area contributed by atoms with Crippen molar-refractivity contribution in [3.05, 3.63) is 15.1 Å². The number of halogens is 1. The highest BCUT2D eigenvalue weighted by Gasteiger charge is 2.27. The molecule has 19 heavy (non-hydrogen) atoms. The topological polar surface area (TPSA) is 47.0 Å². The van der Waals surface area contributed by atoms with Crippen LogP contribution in [0.1, 0.15) is 50.0 Å². The number of rotatable bonds is 5. The molecule has 5 heteroatoms. The van der Waals surface area contributed by atoms with Gasteiger partial charge in [-0.1, -0.05) is 13.3 Å². The summed E-state index contributed by atoms with van der Waals surface area (Å²) in [4.78, 5) is 9.44. The predicted molar refractivity (Wildman–Crippen MR) is 85.4 cm³/mol. The molecular formula is C14H22IN3O. The second-order valence-electron chi connectivity index (χ2n) is 5.16. The molecule has 1 heterocycles.